The van der Waals surface area contributed by atoms with Crippen molar-refractivity contribution >= 4 is 17.6 Å². The summed E-state index contributed by atoms with van der Waals surface area (Å²) in [4.78, 5) is 0.753. The Balaban J connectivity index is 2.09. The van der Waals surface area contributed by atoms with Crippen LogP contribution < -0.4 is 13.8 Å². The van der Waals surface area contributed by atoms with E-state index in [1.165, 1.54) is 36.2 Å². The highest BCUT2D eigenvalue weighted by molar-refractivity contribution is 8.00. The standard InChI is InChI=1S/C23H23F2NO2S/c1-15-8-9-18(25)13-23(15)29-26(19-7-5-6-17(24)12-19)16(2)21-14-20(27-3)10-11-22(21)28-4/h5-14,16H,1-4H3. The Morgan fingerprint density at radius 1 is 0.897 bits per heavy atom. The number of methoxy groups -OCH3 is 2. The van der Waals surface area contributed by atoms with Gasteiger partial charge in [-0.3, -0.25) is 0 Å². The maximum absolute atomic E-state index is 14.0. The van der Waals surface area contributed by atoms with Gasteiger partial charge in [-0.1, -0.05) is 12.1 Å². The van der Waals surface area contributed by atoms with Crippen LogP contribution in [-0.2, 0) is 0 Å². The molecule has 3 rings (SSSR count). The number of anilines is 1. The zero-order valence-corrected chi connectivity index (χ0v) is 17.6. The first-order valence-corrected chi connectivity index (χ1v) is 9.91. The molecule has 0 aromatic heterocycles. The highest BCUT2D eigenvalue weighted by Crippen LogP contribution is 2.42. The van der Waals surface area contributed by atoms with E-state index in [1.807, 2.05) is 42.4 Å². The first kappa shape index (κ1) is 21.0. The lowest BCUT2D eigenvalue weighted by Crippen LogP contribution is -2.20. The molecule has 3 nitrogen and oxygen atoms in total. The molecule has 0 radical (unpaired) electrons. The monoisotopic (exact) mass is 415 g/mol. The number of hydrogen-bond donors (Lipinski definition) is 0. The van der Waals surface area contributed by atoms with Gasteiger partial charge in [0.25, 0.3) is 0 Å². The summed E-state index contributed by atoms with van der Waals surface area (Å²) in [6, 6.07) is 16.3. The van der Waals surface area contributed by atoms with E-state index >= 15 is 0 Å². The van der Waals surface area contributed by atoms with Crippen molar-refractivity contribution in [3.63, 3.8) is 0 Å². The van der Waals surface area contributed by atoms with Crippen molar-refractivity contribution in [3.05, 3.63) is 83.4 Å². The Morgan fingerprint density at radius 3 is 2.34 bits per heavy atom. The molecule has 0 N–H and O–H groups in total. The van der Waals surface area contributed by atoms with Crippen LogP contribution in [0.5, 0.6) is 11.5 Å². The molecule has 0 heterocycles. The minimum atomic E-state index is -0.339. The molecule has 3 aromatic carbocycles. The zero-order chi connectivity index (χ0) is 21.0. The summed E-state index contributed by atoms with van der Waals surface area (Å²) in [7, 11) is 3.21. The maximum atomic E-state index is 14.0. The molecule has 0 aliphatic heterocycles. The second-order valence-electron chi connectivity index (χ2n) is 6.59. The predicted octanol–water partition coefficient (Wildman–Crippen LogP) is 6.57. The first-order valence-electron chi connectivity index (χ1n) is 9.13. The average molecular weight is 416 g/mol. The summed E-state index contributed by atoms with van der Waals surface area (Å²) in [5, 5.41) is 0. The van der Waals surface area contributed by atoms with E-state index < -0.39 is 0 Å². The number of rotatable bonds is 7. The normalized spacial score (nSPS) is 11.8. The minimum Gasteiger partial charge on any atom is -0.497 e. The van der Waals surface area contributed by atoms with Gasteiger partial charge < -0.3 is 13.8 Å². The lowest BCUT2D eigenvalue weighted by atomic mass is 10.1. The van der Waals surface area contributed by atoms with Crippen LogP contribution in [0.1, 0.15) is 24.1 Å². The maximum Gasteiger partial charge on any atom is 0.125 e. The van der Waals surface area contributed by atoms with Crippen molar-refractivity contribution in [3.8, 4) is 11.5 Å². The number of aryl methyl sites for hydroxylation is 1. The molecular weight excluding hydrogens is 392 g/mol. The number of ether oxygens (including phenoxy) is 2. The summed E-state index contributed by atoms with van der Waals surface area (Å²) in [6.45, 7) is 3.91. The molecule has 0 amide bonds. The summed E-state index contributed by atoms with van der Waals surface area (Å²) in [6.07, 6.45) is 0. The molecule has 0 aliphatic rings. The molecule has 152 valence electrons. The third-order valence-electron chi connectivity index (χ3n) is 4.65. The van der Waals surface area contributed by atoms with Gasteiger partial charge in [-0.2, -0.15) is 0 Å². The largest absolute Gasteiger partial charge is 0.497 e. The fourth-order valence-electron chi connectivity index (χ4n) is 3.04. The van der Waals surface area contributed by atoms with Crippen molar-refractivity contribution in [2.75, 3.05) is 18.5 Å². The lowest BCUT2D eigenvalue weighted by Gasteiger charge is -2.31. The van der Waals surface area contributed by atoms with E-state index in [2.05, 4.69) is 0 Å². The Labute approximate surface area is 174 Å². The average Bonchev–Trinajstić information content (AvgIpc) is 2.73. The van der Waals surface area contributed by atoms with Crippen LogP contribution in [0.25, 0.3) is 0 Å². The van der Waals surface area contributed by atoms with Crippen LogP contribution in [0, 0.1) is 18.6 Å². The Morgan fingerprint density at radius 2 is 1.66 bits per heavy atom. The molecule has 0 saturated heterocycles. The smallest absolute Gasteiger partial charge is 0.125 e. The number of benzene rings is 3. The SMILES string of the molecule is COc1ccc(OC)c(C(C)N(Sc2cc(F)ccc2C)c2cccc(F)c2)c1. The highest BCUT2D eigenvalue weighted by Gasteiger charge is 2.23. The van der Waals surface area contributed by atoms with E-state index in [-0.39, 0.29) is 17.7 Å². The van der Waals surface area contributed by atoms with Gasteiger partial charge in [0, 0.05) is 10.5 Å². The third kappa shape index (κ3) is 4.82. The predicted molar refractivity (Wildman–Crippen MR) is 114 cm³/mol. The molecule has 0 fully saturated rings. The van der Waals surface area contributed by atoms with E-state index in [4.69, 9.17) is 9.47 Å². The Bertz CT molecular complexity index is 996. The molecule has 0 saturated carbocycles. The highest BCUT2D eigenvalue weighted by atomic mass is 32.2. The summed E-state index contributed by atoms with van der Waals surface area (Å²) < 4.78 is 40.7. The number of halogens is 2. The summed E-state index contributed by atoms with van der Waals surface area (Å²) >= 11 is 1.36. The Kier molecular flexibility index (Phi) is 6.64. The minimum absolute atomic E-state index is 0.227. The van der Waals surface area contributed by atoms with Gasteiger partial charge in [-0.05, 0) is 79.9 Å². The van der Waals surface area contributed by atoms with Gasteiger partial charge in [-0.15, -0.1) is 0 Å². The van der Waals surface area contributed by atoms with Crippen molar-refractivity contribution in [1.82, 2.24) is 0 Å². The van der Waals surface area contributed by atoms with Crippen molar-refractivity contribution in [2.45, 2.75) is 24.8 Å². The number of hydrogen-bond acceptors (Lipinski definition) is 4. The molecular formula is C23H23F2NO2S. The molecule has 0 aliphatic carbocycles. The molecule has 0 spiro atoms. The fraction of sp³-hybridized carbons (Fsp3) is 0.217. The van der Waals surface area contributed by atoms with E-state index in [0.717, 1.165) is 16.0 Å². The van der Waals surface area contributed by atoms with Crippen molar-refractivity contribution in [1.29, 1.82) is 0 Å². The molecule has 0 bridgehead atoms. The summed E-state index contributed by atoms with van der Waals surface area (Å²) in [5.74, 6) is 0.729. The lowest BCUT2D eigenvalue weighted by molar-refractivity contribution is 0.396. The van der Waals surface area contributed by atoms with Crippen LogP contribution in [0.15, 0.2) is 65.6 Å². The second-order valence-corrected chi connectivity index (χ2v) is 7.61. The third-order valence-corrected chi connectivity index (χ3v) is 6.01. The quantitative estimate of drug-likeness (QED) is 0.407. The first-order chi connectivity index (χ1) is 13.9. The van der Waals surface area contributed by atoms with Gasteiger partial charge >= 0.3 is 0 Å². The molecule has 29 heavy (non-hydrogen) atoms. The van der Waals surface area contributed by atoms with Gasteiger partial charge in [0.15, 0.2) is 0 Å². The van der Waals surface area contributed by atoms with Gasteiger partial charge in [0.1, 0.15) is 23.1 Å². The van der Waals surface area contributed by atoms with Crippen LogP contribution in [0.2, 0.25) is 0 Å². The number of nitrogens with zero attached hydrogens (tertiary/aromatic N) is 1. The molecule has 1 atom stereocenters. The second kappa shape index (κ2) is 9.18. The van der Waals surface area contributed by atoms with E-state index in [9.17, 15) is 8.78 Å². The topological polar surface area (TPSA) is 21.7 Å². The van der Waals surface area contributed by atoms with Gasteiger partial charge in [-0.25, -0.2) is 8.78 Å². The van der Waals surface area contributed by atoms with Crippen LogP contribution in [-0.4, -0.2) is 14.2 Å². The molecule has 6 heteroatoms. The van der Waals surface area contributed by atoms with Crippen LogP contribution >= 0.6 is 11.9 Å². The van der Waals surface area contributed by atoms with Crippen molar-refractivity contribution < 1.29 is 18.3 Å². The van der Waals surface area contributed by atoms with Gasteiger partial charge in [0.05, 0.1) is 25.9 Å². The summed E-state index contributed by atoms with van der Waals surface area (Å²) in [5.41, 5.74) is 2.47. The van der Waals surface area contributed by atoms with E-state index in [1.54, 1.807) is 26.4 Å². The van der Waals surface area contributed by atoms with Gasteiger partial charge in [0.2, 0.25) is 0 Å². The fourth-order valence-corrected chi connectivity index (χ4v) is 4.12. The molecule has 1 unspecified atom stereocenters. The zero-order valence-electron chi connectivity index (χ0n) is 16.8. The van der Waals surface area contributed by atoms with Crippen LogP contribution in [0.3, 0.4) is 0 Å². The van der Waals surface area contributed by atoms with Crippen LogP contribution in [0.4, 0.5) is 14.5 Å². The van der Waals surface area contributed by atoms with Crippen molar-refractivity contribution in [2.24, 2.45) is 0 Å². The molecule has 3 aromatic rings. The van der Waals surface area contributed by atoms with E-state index in [0.29, 0.717) is 17.2 Å². The Hall–Kier alpha value is -2.73.